The lowest BCUT2D eigenvalue weighted by Crippen LogP contribution is -2.23. The number of nitrogens with zero attached hydrogens (tertiary/aromatic N) is 2. The van der Waals surface area contributed by atoms with Crippen molar-refractivity contribution in [3.63, 3.8) is 0 Å². The number of methoxy groups -OCH3 is 3. The number of carbonyl (C=O) groups excluding carboxylic acids is 1. The number of rotatable bonds is 6. The predicted octanol–water partition coefficient (Wildman–Crippen LogP) is 3.31. The highest BCUT2D eigenvalue weighted by Crippen LogP contribution is 2.39. The first-order valence-electron chi connectivity index (χ1n) is 11.4. The van der Waals surface area contributed by atoms with E-state index in [1.165, 1.54) is 21.3 Å². The molecule has 0 atom stereocenters. The Morgan fingerprint density at radius 2 is 1.85 bits per heavy atom. The van der Waals surface area contributed by atoms with Crippen LogP contribution in [0.3, 0.4) is 0 Å². The maximum atomic E-state index is 13.0. The number of fused-ring (bicyclic) bond motifs is 1. The van der Waals surface area contributed by atoms with Crippen LogP contribution in [0.4, 0.5) is 0 Å². The number of carbonyl (C=O) groups is 1. The van der Waals surface area contributed by atoms with Crippen LogP contribution in [0.2, 0.25) is 0 Å². The lowest BCUT2D eigenvalue weighted by molar-refractivity contribution is 0.0963. The minimum absolute atomic E-state index is 0.311. The zero-order valence-corrected chi connectivity index (χ0v) is 20.4. The number of H-pyrrole nitrogens is 1. The molecule has 0 fully saturated rings. The van der Waals surface area contributed by atoms with Gasteiger partial charge in [0, 0.05) is 12.2 Å². The van der Waals surface area contributed by atoms with Crippen LogP contribution < -0.4 is 30.4 Å². The van der Waals surface area contributed by atoms with Gasteiger partial charge < -0.3 is 24.5 Å². The van der Waals surface area contributed by atoms with E-state index in [1.807, 2.05) is 38.2 Å². The normalized spacial score (nSPS) is 14.4. The van der Waals surface area contributed by atoms with Crippen molar-refractivity contribution in [3.05, 3.63) is 64.4 Å². The Morgan fingerprint density at radius 1 is 1.06 bits per heavy atom. The summed E-state index contributed by atoms with van der Waals surface area (Å²) in [5.41, 5.74) is 2.79. The third-order valence-electron chi connectivity index (χ3n) is 5.29. The van der Waals surface area contributed by atoms with E-state index in [-0.39, 0.29) is 5.91 Å². The number of hydrogen-bond acceptors (Lipinski definition) is 6. The van der Waals surface area contributed by atoms with Gasteiger partial charge in [0.15, 0.2) is 17.0 Å². The zero-order chi connectivity index (χ0) is 24.5. The van der Waals surface area contributed by atoms with Gasteiger partial charge in [0.2, 0.25) is 5.75 Å². The molecule has 1 aromatic heterocycles. The van der Waals surface area contributed by atoms with Crippen molar-refractivity contribution in [1.29, 1.82) is 0 Å². The summed E-state index contributed by atoms with van der Waals surface area (Å²) in [6.07, 6.45) is 12.5. The van der Waals surface area contributed by atoms with Gasteiger partial charge in [0.25, 0.3) is 5.91 Å². The standard InChI is InChI=1S/C24H26N4O4.C2H6/c1-30-19-13-12-17(20(31-2)21(19)32-3)24(29)26-16-8-6-7-15(10-11-16)22-27-18-9-4-5-14-25-23(18)28-22;1-2/h6,8-13H,4-5,7,14H2,1-3H3,(H,26,29)(H,25,27,28);1-2H3. The first kappa shape index (κ1) is 24.8. The molecule has 0 spiro atoms. The zero-order valence-electron chi connectivity index (χ0n) is 20.4. The third kappa shape index (κ3) is 5.39. The van der Waals surface area contributed by atoms with Crippen LogP contribution in [0, 0.1) is 0 Å². The van der Waals surface area contributed by atoms with E-state index in [9.17, 15) is 4.79 Å². The summed E-state index contributed by atoms with van der Waals surface area (Å²) in [6, 6.07) is 3.32. The summed E-state index contributed by atoms with van der Waals surface area (Å²) in [6.45, 7) is 4.79. The fourth-order valence-corrected chi connectivity index (χ4v) is 3.68. The van der Waals surface area contributed by atoms with Crippen molar-refractivity contribution < 1.29 is 19.0 Å². The molecule has 0 saturated heterocycles. The summed E-state index contributed by atoms with van der Waals surface area (Å²) < 4.78 is 16.1. The lowest BCUT2D eigenvalue weighted by Gasteiger charge is -2.15. The number of ether oxygens (including phenoxy) is 3. The summed E-state index contributed by atoms with van der Waals surface area (Å²) >= 11 is 0. The number of amides is 1. The number of aromatic nitrogens is 2. The number of hydrogen-bond donors (Lipinski definition) is 2. The van der Waals surface area contributed by atoms with Gasteiger partial charge in [-0.3, -0.25) is 9.79 Å². The number of nitrogens with one attached hydrogen (secondary N) is 2. The highest BCUT2D eigenvalue weighted by atomic mass is 16.5. The molecule has 2 aromatic rings. The lowest BCUT2D eigenvalue weighted by atomic mass is 10.1. The summed E-state index contributed by atoms with van der Waals surface area (Å²) in [5.74, 6) is 1.66. The second kappa shape index (κ2) is 11.9. The van der Waals surface area contributed by atoms with E-state index in [2.05, 4.69) is 26.4 Å². The van der Waals surface area contributed by atoms with E-state index in [1.54, 1.807) is 12.1 Å². The highest BCUT2D eigenvalue weighted by molar-refractivity contribution is 5.99. The fourth-order valence-electron chi connectivity index (χ4n) is 3.68. The molecule has 8 heteroatoms. The third-order valence-corrected chi connectivity index (χ3v) is 5.29. The van der Waals surface area contributed by atoms with Crippen molar-refractivity contribution in [2.45, 2.75) is 33.1 Å². The van der Waals surface area contributed by atoms with Crippen LogP contribution in [-0.2, 0) is 0 Å². The van der Waals surface area contributed by atoms with Crippen LogP contribution in [-0.4, -0.2) is 43.7 Å². The summed E-state index contributed by atoms with van der Waals surface area (Å²) in [4.78, 5) is 25.5. The monoisotopic (exact) mass is 464 g/mol. The Labute approximate surface area is 199 Å². The Hall–Kier alpha value is -3.81. The van der Waals surface area contributed by atoms with Gasteiger partial charge in [-0.2, -0.15) is 0 Å². The van der Waals surface area contributed by atoms with Gasteiger partial charge in [-0.25, -0.2) is 4.98 Å². The minimum atomic E-state index is -0.311. The van der Waals surface area contributed by atoms with Crippen LogP contribution in [0.5, 0.6) is 17.2 Å². The largest absolute Gasteiger partial charge is 0.493 e. The second-order valence-corrected chi connectivity index (χ2v) is 7.31. The van der Waals surface area contributed by atoms with Crippen LogP contribution >= 0.6 is 0 Å². The van der Waals surface area contributed by atoms with Gasteiger partial charge in [-0.1, -0.05) is 32.1 Å². The molecule has 2 heterocycles. The van der Waals surface area contributed by atoms with Gasteiger partial charge in [-0.15, -0.1) is 0 Å². The molecule has 4 rings (SSSR count). The molecule has 2 aliphatic rings. The Morgan fingerprint density at radius 3 is 2.59 bits per heavy atom. The van der Waals surface area contributed by atoms with Crippen molar-refractivity contribution in [2.75, 3.05) is 27.9 Å². The molecule has 1 amide bonds. The van der Waals surface area contributed by atoms with E-state index < -0.39 is 0 Å². The van der Waals surface area contributed by atoms with Gasteiger partial charge in [-0.05, 0) is 49.1 Å². The average Bonchev–Trinajstić information content (AvgIpc) is 3.01. The van der Waals surface area contributed by atoms with Crippen LogP contribution in [0.1, 0.15) is 49.3 Å². The molecule has 1 aromatic carbocycles. The average molecular weight is 465 g/mol. The predicted molar refractivity (Wildman–Crippen MR) is 133 cm³/mol. The number of benzene rings is 1. The fraction of sp³-hybridized carbons (Fsp3) is 0.346. The molecule has 180 valence electrons. The molecule has 8 nitrogen and oxygen atoms in total. The maximum absolute atomic E-state index is 13.0. The molecule has 0 unspecified atom stereocenters. The molecular weight excluding hydrogens is 432 g/mol. The Balaban J connectivity index is 0.00000158. The summed E-state index contributed by atoms with van der Waals surface area (Å²) in [5, 5.41) is 3.90. The van der Waals surface area contributed by atoms with Crippen molar-refractivity contribution in [2.24, 2.45) is 4.99 Å². The SMILES string of the molecule is CC.COc1ccc(C(=O)NC2=CC=C(c3nc4c([nH]3)=CCCCN=4)CC=C2)c(OC)c1OC. The molecule has 1 aliphatic carbocycles. The van der Waals surface area contributed by atoms with Crippen LogP contribution in [0.15, 0.2) is 47.1 Å². The molecule has 2 N–H and O–H groups in total. The molecule has 0 radical (unpaired) electrons. The Kier molecular flexibility index (Phi) is 8.67. The van der Waals surface area contributed by atoms with E-state index in [4.69, 9.17) is 14.2 Å². The van der Waals surface area contributed by atoms with Gasteiger partial charge in [0.1, 0.15) is 5.82 Å². The molecule has 34 heavy (non-hydrogen) atoms. The van der Waals surface area contributed by atoms with Crippen LogP contribution in [0.25, 0.3) is 11.6 Å². The molecule has 1 aliphatic heterocycles. The number of aromatic amines is 1. The minimum Gasteiger partial charge on any atom is -0.493 e. The van der Waals surface area contributed by atoms with E-state index >= 15 is 0 Å². The smallest absolute Gasteiger partial charge is 0.259 e. The Bertz CT molecular complexity index is 1200. The van der Waals surface area contributed by atoms with Crippen molar-refractivity contribution >= 4 is 17.6 Å². The number of imidazole rings is 1. The molecule has 0 bridgehead atoms. The van der Waals surface area contributed by atoms with E-state index in [0.29, 0.717) is 34.9 Å². The van der Waals surface area contributed by atoms with Gasteiger partial charge in [0.05, 0.1) is 32.2 Å². The highest BCUT2D eigenvalue weighted by Gasteiger charge is 2.21. The topological polar surface area (TPSA) is 97.8 Å². The molecular formula is C26H32N4O4. The first-order chi connectivity index (χ1) is 16.6. The van der Waals surface area contributed by atoms with Crippen molar-refractivity contribution in [3.8, 4) is 17.2 Å². The van der Waals surface area contributed by atoms with Gasteiger partial charge >= 0.3 is 0 Å². The van der Waals surface area contributed by atoms with Crippen molar-refractivity contribution in [1.82, 2.24) is 15.3 Å². The quantitative estimate of drug-likeness (QED) is 0.684. The summed E-state index contributed by atoms with van der Waals surface area (Å²) in [7, 11) is 4.53. The second-order valence-electron chi connectivity index (χ2n) is 7.31. The van der Waals surface area contributed by atoms with E-state index in [0.717, 1.165) is 41.6 Å². The first-order valence-corrected chi connectivity index (χ1v) is 11.4. The molecule has 0 saturated carbocycles. The number of allylic oxidation sites excluding steroid dienone is 5. The maximum Gasteiger partial charge on any atom is 0.259 e.